The number of ether oxygens (including phenoxy) is 2. The van der Waals surface area contributed by atoms with Crippen LogP contribution in [0.25, 0.3) is 0 Å². The highest BCUT2D eigenvalue weighted by Crippen LogP contribution is 2.24. The van der Waals surface area contributed by atoms with E-state index in [1.807, 2.05) is 24.3 Å². The van der Waals surface area contributed by atoms with Crippen LogP contribution in [0.2, 0.25) is 0 Å². The molecule has 1 aromatic heterocycles. The van der Waals surface area contributed by atoms with Crippen molar-refractivity contribution in [3.63, 3.8) is 0 Å². The Morgan fingerprint density at radius 1 is 1.23 bits per heavy atom. The molecule has 1 aliphatic heterocycles. The van der Waals surface area contributed by atoms with Crippen LogP contribution < -0.4 is 15.8 Å². The topological polar surface area (TPSA) is 86.5 Å². The number of nitrogens with zero attached hydrogens (tertiary/aromatic N) is 1. The van der Waals surface area contributed by atoms with Gasteiger partial charge < -0.3 is 20.5 Å². The highest BCUT2D eigenvalue weighted by Gasteiger charge is 2.35. The van der Waals surface area contributed by atoms with E-state index in [0.29, 0.717) is 43.4 Å². The van der Waals surface area contributed by atoms with E-state index < -0.39 is 5.54 Å². The normalized spacial score (nSPS) is 15.2. The zero-order valence-electron chi connectivity index (χ0n) is 13.8. The first-order valence-electron chi connectivity index (χ1n) is 7.63. The molecule has 0 spiro atoms. The molecule has 6 nitrogen and oxygen atoms in total. The van der Waals surface area contributed by atoms with E-state index >= 15 is 0 Å². The lowest BCUT2D eigenvalue weighted by Gasteiger charge is -2.31. The largest absolute Gasteiger partial charge is 0.439 e. The van der Waals surface area contributed by atoms with Crippen molar-refractivity contribution in [3.05, 3.63) is 47.1 Å². The van der Waals surface area contributed by atoms with Gasteiger partial charge in [0.05, 0.1) is 11.9 Å². The van der Waals surface area contributed by atoms with Crippen molar-refractivity contribution in [1.29, 1.82) is 0 Å². The summed E-state index contributed by atoms with van der Waals surface area (Å²) in [5.74, 6) is 0.907. The molecule has 1 saturated heterocycles. The van der Waals surface area contributed by atoms with Crippen LogP contribution >= 0.6 is 40.7 Å². The molecule has 0 radical (unpaired) electrons. The molecular formula is C17H20BrCl2N3O3. The summed E-state index contributed by atoms with van der Waals surface area (Å²) in [4.78, 5) is 16.6. The standard InChI is InChI=1S/C17H18BrN3O3.2ClH/c18-12-2-1-3-14(10-12)24-15-5-4-13(11-20-15)21-16(22)17(19)6-8-23-9-7-17;;/h1-5,10-11H,6-9,19H2,(H,21,22);2*1H. The van der Waals surface area contributed by atoms with E-state index in [2.05, 4.69) is 26.2 Å². The number of carbonyl (C=O) groups is 1. The first-order valence-corrected chi connectivity index (χ1v) is 8.42. The van der Waals surface area contributed by atoms with Gasteiger partial charge in [0.1, 0.15) is 11.3 Å². The van der Waals surface area contributed by atoms with E-state index in [4.69, 9.17) is 15.2 Å². The minimum Gasteiger partial charge on any atom is -0.439 e. The Bertz CT molecular complexity index is 725. The lowest BCUT2D eigenvalue weighted by molar-refractivity contribution is -0.124. The third kappa shape index (κ3) is 5.82. The molecule has 1 fully saturated rings. The fourth-order valence-corrected chi connectivity index (χ4v) is 2.76. The van der Waals surface area contributed by atoms with Crippen molar-refractivity contribution >= 4 is 52.3 Å². The van der Waals surface area contributed by atoms with E-state index in [9.17, 15) is 4.79 Å². The number of aromatic nitrogens is 1. The van der Waals surface area contributed by atoms with Crippen LogP contribution in [0.3, 0.4) is 0 Å². The summed E-state index contributed by atoms with van der Waals surface area (Å²) < 4.78 is 11.8. The number of pyridine rings is 1. The molecule has 2 heterocycles. The van der Waals surface area contributed by atoms with Crippen LogP contribution in [0.4, 0.5) is 5.69 Å². The smallest absolute Gasteiger partial charge is 0.244 e. The van der Waals surface area contributed by atoms with Crippen LogP contribution in [0, 0.1) is 0 Å². The highest BCUT2D eigenvalue weighted by molar-refractivity contribution is 9.10. The minimum absolute atomic E-state index is 0. The lowest BCUT2D eigenvalue weighted by atomic mass is 9.90. The Kier molecular flexibility index (Phi) is 8.79. The fourth-order valence-electron chi connectivity index (χ4n) is 2.38. The molecule has 1 aliphatic rings. The molecule has 0 bridgehead atoms. The zero-order valence-corrected chi connectivity index (χ0v) is 17.0. The monoisotopic (exact) mass is 463 g/mol. The molecular weight excluding hydrogens is 445 g/mol. The Labute approximate surface area is 172 Å². The van der Waals surface area contributed by atoms with Crippen molar-refractivity contribution in [3.8, 4) is 11.6 Å². The summed E-state index contributed by atoms with van der Waals surface area (Å²) in [7, 11) is 0. The van der Waals surface area contributed by atoms with Crippen LogP contribution in [-0.4, -0.2) is 29.6 Å². The van der Waals surface area contributed by atoms with Crippen LogP contribution in [-0.2, 0) is 9.53 Å². The number of carbonyl (C=O) groups excluding carboxylic acids is 1. The Morgan fingerprint density at radius 3 is 2.58 bits per heavy atom. The third-order valence-electron chi connectivity index (χ3n) is 3.85. The average Bonchev–Trinajstić information content (AvgIpc) is 2.57. The number of anilines is 1. The summed E-state index contributed by atoms with van der Waals surface area (Å²) >= 11 is 3.39. The van der Waals surface area contributed by atoms with Crippen molar-refractivity contribution in [2.45, 2.75) is 18.4 Å². The predicted octanol–water partition coefficient (Wildman–Crippen LogP) is 3.93. The van der Waals surface area contributed by atoms with Gasteiger partial charge in [0.15, 0.2) is 0 Å². The molecule has 0 unspecified atom stereocenters. The fraction of sp³-hybridized carbons (Fsp3) is 0.294. The van der Waals surface area contributed by atoms with Gasteiger partial charge in [-0.25, -0.2) is 4.98 Å². The van der Waals surface area contributed by atoms with E-state index in [1.54, 1.807) is 18.3 Å². The Hall–Kier alpha value is -1.38. The van der Waals surface area contributed by atoms with Crippen molar-refractivity contribution in [2.24, 2.45) is 5.73 Å². The van der Waals surface area contributed by atoms with Crippen LogP contribution in [0.15, 0.2) is 47.1 Å². The van der Waals surface area contributed by atoms with E-state index in [0.717, 1.165) is 4.47 Å². The number of benzene rings is 1. The average molecular weight is 465 g/mol. The Balaban J connectivity index is 0.00000169. The molecule has 26 heavy (non-hydrogen) atoms. The van der Waals surface area contributed by atoms with Gasteiger partial charge >= 0.3 is 0 Å². The highest BCUT2D eigenvalue weighted by atomic mass is 79.9. The number of rotatable bonds is 4. The second-order valence-corrected chi connectivity index (χ2v) is 6.58. The number of hydrogen-bond acceptors (Lipinski definition) is 5. The lowest BCUT2D eigenvalue weighted by Crippen LogP contribution is -2.54. The van der Waals surface area contributed by atoms with Gasteiger partial charge in [-0.3, -0.25) is 4.79 Å². The molecule has 2 aromatic rings. The summed E-state index contributed by atoms with van der Waals surface area (Å²) in [6.45, 7) is 1.00. The molecule has 142 valence electrons. The van der Waals surface area contributed by atoms with Crippen molar-refractivity contribution < 1.29 is 14.3 Å². The van der Waals surface area contributed by atoms with Crippen LogP contribution in [0.1, 0.15) is 12.8 Å². The third-order valence-corrected chi connectivity index (χ3v) is 4.34. The van der Waals surface area contributed by atoms with Gasteiger partial charge in [0.2, 0.25) is 11.8 Å². The molecule has 1 amide bonds. The molecule has 0 atom stereocenters. The second kappa shape index (κ2) is 10.1. The summed E-state index contributed by atoms with van der Waals surface area (Å²) in [5, 5.41) is 2.81. The van der Waals surface area contributed by atoms with Gasteiger partial charge in [0.25, 0.3) is 0 Å². The van der Waals surface area contributed by atoms with Gasteiger partial charge in [-0.2, -0.15) is 0 Å². The molecule has 0 aliphatic carbocycles. The van der Waals surface area contributed by atoms with Crippen LogP contribution in [0.5, 0.6) is 11.6 Å². The molecule has 3 rings (SSSR count). The number of nitrogens with one attached hydrogen (secondary N) is 1. The number of halogens is 3. The van der Waals surface area contributed by atoms with Gasteiger partial charge in [-0.15, -0.1) is 24.8 Å². The van der Waals surface area contributed by atoms with Gasteiger partial charge in [0, 0.05) is 23.8 Å². The maximum Gasteiger partial charge on any atom is 0.244 e. The number of nitrogens with two attached hydrogens (primary N) is 1. The van der Waals surface area contributed by atoms with Crippen molar-refractivity contribution in [1.82, 2.24) is 4.98 Å². The first-order chi connectivity index (χ1) is 11.5. The molecule has 1 aromatic carbocycles. The number of hydrogen-bond donors (Lipinski definition) is 2. The van der Waals surface area contributed by atoms with Gasteiger partial charge in [-0.1, -0.05) is 22.0 Å². The molecule has 9 heteroatoms. The quantitative estimate of drug-likeness (QED) is 0.715. The molecule has 3 N–H and O–H groups in total. The summed E-state index contributed by atoms with van der Waals surface area (Å²) in [6, 6.07) is 10.9. The predicted molar refractivity (Wildman–Crippen MR) is 109 cm³/mol. The summed E-state index contributed by atoms with van der Waals surface area (Å²) in [5.41, 5.74) is 5.85. The van der Waals surface area contributed by atoms with E-state index in [1.165, 1.54) is 0 Å². The number of amides is 1. The van der Waals surface area contributed by atoms with Gasteiger partial charge in [-0.05, 0) is 37.1 Å². The summed E-state index contributed by atoms with van der Waals surface area (Å²) in [6.07, 6.45) is 2.57. The first kappa shape index (κ1) is 22.7. The van der Waals surface area contributed by atoms with E-state index in [-0.39, 0.29) is 30.7 Å². The van der Waals surface area contributed by atoms with Crippen molar-refractivity contribution in [2.75, 3.05) is 18.5 Å². The second-order valence-electron chi connectivity index (χ2n) is 5.67. The maximum atomic E-state index is 12.3. The minimum atomic E-state index is -0.885. The molecule has 0 saturated carbocycles. The maximum absolute atomic E-state index is 12.3. The SMILES string of the molecule is Cl.Cl.NC1(C(=O)Nc2ccc(Oc3cccc(Br)c3)nc2)CCOCC1. The Morgan fingerprint density at radius 2 is 1.96 bits per heavy atom. The zero-order chi connectivity index (χ0) is 17.0.